The van der Waals surface area contributed by atoms with E-state index in [0.717, 1.165) is 6.66 Å². The molecular formula is C8H17BO8P2. The van der Waals surface area contributed by atoms with Crippen LogP contribution in [0.4, 0.5) is 0 Å². The first-order chi connectivity index (χ1) is 8.43. The fraction of sp³-hybridized carbons (Fsp3) is 1.00. The molecule has 8 nitrogen and oxygen atoms in total. The van der Waals surface area contributed by atoms with Crippen LogP contribution in [0.5, 0.6) is 0 Å². The van der Waals surface area contributed by atoms with Gasteiger partial charge in [-0.2, -0.15) is 0 Å². The molecule has 1 rings (SSSR count). The van der Waals surface area contributed by atoms with Gasteiger partial charge in [-0.05, 0) is 6.92 Å². The Morgan fingerprint density at radius 1 is 1.37 bits per heavy atom. The van der Waals surface area contributed by atoms with Crippen molar-refractivity contribution in [1.82, 2.24) is 0 Å². The molecule has 0 aromatic heterocycles. The average Bonchev–Trinajstić information content (AvgIpc) is 2.41. The van der Waals surface area contributed by atoms with Crippen LogP contribution in [0.3, 0.4) is 0 Å². The topological polar surface area (TPSA) is 123 Å². The zero-order valence-corrected chi connectivity index (χ0v) is 12.5. The molecule has 0 aromatic carbocycles. The van der Waals surface area contributed by atoms with Crippen molar-refractivity contribution in [1.29, 1.82) is 0 Å². The van der Waals surface area contributed by atoms with Crippen molar-refractivity contribution in [3.05, 3.63) is 0 Å². The molecule has 0 amide bonds. The van der Waals surface area contributed by atoms with E-state index in [2.05, 4.69) is 4.31 Å². The van der Waals surface area contributed by atoms with E-state index in [-0.39, 0.29) is 5.92 Å². The van der Waals surface area contributed by atoms with E-state index in [1.165, 1.54) is 6.92 Å². The molecule has 110 valence electrons. The van der Waals surface area contributed by atoms with Gasteiger partial charge in [0.05, 0.1) is 12.2 Å². The first-order valence-electron chi connectivity index (χ1n) is 5.55. The van der Waals surface area contributed by atoms with Crippen LogP contribution in [0.1, 0.15) is 13.8 Å². The maximum atomic E-state index is 11.8. The maximum absolute atomic E-state index is 11.8. The molecule has 1 aliphatic rings. The smallest absolute Gasteiger partial charge is 0.390 e. The molecule has 6 atom stereocenters. The molecule has 1 heterocycles. The molecule has 0 spiro atoms. The Labute approximate surface area is 112 Å². The fourth-order valence-electron chi connectivity index (χ4n) is 1.84. The SMILES string of the molecule is [B][C@@H]1O[C@H](C(C)OP(C)(=O)OP(=O)(O)O)[C@@H](O)[C@H]1C. The minimum absolute atomic E-state index is 0.338. The van der Waals surface area contributed by atoms with Gasteiger partial charge in [0.25, 0.3) is 0 Å². The molecule has 19 heavy (non-hydrogen) atoms. The molecule has 2 radical (unpaired) electrons. The number of aliphatic hydroxyl groups is 1. The summed E-state index contributed by atoms with van der Waals surface area (Å²) in [6.45, 7) is 4.05. The average molecular weight is 314 g/mol. The van der Waals surface area contributed by atoms with Crippen LogP contribution in [0.15, 0.2) is 0 Å². The molecule has 0 aromatic rings. The lowest BCUT2D eigenvalue weighted by atomic mass is 9.86. The monoisotopic (exact) mass is 314 g/mol. The standard InChI is InChI=1S/C8H17BO8P2/c1-4-6(10)7(15-8(4)9)5(2)16-18(3,11)17-19(12,13)14/h4-8,10H,1-3H3,(H2,12,13,14)/t4-,5?,6+,7-,8-,18?/m1/s1. The molecule has 0 saturated carbocycles. The van der Waals surface area contributed by atoms with Crippen LogP contribution >= 0.6 is 15.4 Å². The quantitative estimate of drug-likeness (QED) is 0.486. The second kappa shape index (κ2) is 5.96. The Bertz CT molecular complexity index is 412. The lowest BCUT2D eigenvalue weighted by Gasteiger charge is -2.25. The van der Waals surface area contributed by atoms with Crippen LogP contribution in [-0.4, -0.2) is 53.7 Å². The van der Waals surface area contributed by atoms with Crippen LogP contribution in [0, 0.1) is 5.92 Å². The van der Waals surface area contributed by atoms with Gasteiger partial charge in [0.15, 0.2) is 0 Å². The van der Waals surface area contributed by atoms with Crippen molar-refractivity contribution in [2.75, 3.05) is 6.66 Å². The number of aliphatic hydroxyl groups excluding tert-OH is 1. The third kappa shape index (κ3) is 4.95. The van der Waals surface area contributed by atoms with Crippen molar-refractivity contribution in [3.8, 4) is 0 Å². The second-order valence-electron chi connectivity index (χ2n) is 4.57. The van der Waals surface area contributed by atoms with Gasteiger partial charge < -0.3 is 24.2 Å². The normalized spacial score (nSPS) is 36.9. The zero-order valence-electron chi connectivity index (χ0n) is 10.7. The highest BCUT2D eigenvalue weighted by Crippen LogP contribution is 2.58. The van der Waals surface area contributed by atoms with E-state index in [4.69, 9.17) is 26.9 Å². The summed E-state index contributed by atoms with van der Waals surface area (Å²) in [5.41, 5.74) is 0. The molecule has 1 fully saturated rings. The van der Waals surface area contributed by atoms with E-state index in [9.17, 15) is 14.2 Å². The molecule has 1 aliphatic heterocycles. The first kappa shape index (κ1) is 17.3. The highest BCUT2D eigenvalue weighted by molar-refractivity contribution is 7.63. The predicted octanol–water partition coefficient (Wildman–Crippen LogP) is 0.214. The number of hydrogen-bond donors (Lipinski definition) is 3. The first-order valence-corrected chi connectivity index (χ1v) is 9.07. The third-order valence-corrected chi connectivity index (χ3v) is 5.54. The van der Waals surface area contributed by atoms with E-state index >= 15 is 0 Å². The molecule has 11 heteroatoms. The zero-order chi connectivity index (χ0) is 15.0. The van der Waals surface area contributed by atoms with E-state index < -0.39 is 39.7 Å². The van der Waals surface area contributed by atoms with Gasteiger partial charge in [0, 0.05) is 18.6 Å². The van der Waals surface area contributed by atoms with Crippen LogP contribution < -0.4 is 0 Å². The molecule has 0 aliphatic carbocycles. The van der Waals surface area contributed by atoms with Crippen molar-refractivity contribution in [3.63, 3.8) is 0 Å². The van der Waals surface area contributed by atoms with Crippen LogP contribution in [-0.2, 0) is 22.7 Å². The minimum atomic E-state index is -4.93. The molecule has 1 saturated heterocycles. The Hall–Kier alpha value is 0.285. The number of phosphoric acid groups is 1. The lowest BCUT2D eigenvalue weighted by molar-refractivity contribution is -0.0371. The maximum Gasteiger partial charge on any atom is 0.476 e. The largest absolute Gasteiger partial charge is 0.476 e. The Morgan fingerprint density at radius 2 is 1.89 bits per heavy atom. The van der Waals surface area contributed by atoms with Crippen molar-refractivity contribution >= 4 is 23.3 Å². The van der Waals surface area contributed by atoms with E-state index in [0.29, 0.717) is 0 Å². The summed E-state index contributed by atoms with van der Waals surface area (Å²) in [7, 11) is -3.31. The van der Waals surface area contributed by atoms with Crippen LogP contribution in [0.25, 0.3) is 0 Å². The van der Waals surface area contributed by atoms with Gasteiger partial charge in [0.1, 0.15) is 14.0 Å². The summed E-state index contributed by atoms with van der Waals surface area (Å²) in [5, 5.41) is 9.86. The summed E-state index contributed by atoms with van der Waals surface area (Å²) in [6.07, 6.45) is -2.69. The van der Waals surface area contributed by atoms with E-state index in [1.807, 2.05) is 0 Å². The van der Waals surface area contributed by atoms with Gasteiger partial charge >= 0.3 is 15.4 Å². The molecule has 2 unspecified atom stereocenters. The lowest BCUT2D eigenvalue weighted by Crippen LogP contribution is -2.35. The molecule has 3 N–H and O–H groups in total. The Morgan fingerprint density at radius 3 is 2.26 bits per heavy atom. The Kier molecular flexibility index (Phi) is 5.43. The Balaban J connectivity index is 2.67. The molecular weight excluding hydrogens is 297 g/mol. The minimum Gasteiger partial charge on any atom is -0.390 e. The van der Waals surface area contributed by atoms with Gasteiger partial charge in [-0.1, -0.05) is 6.92 Å². The summed E-state index contributed by atoms with van der Waals surface area (Å²) < 4.78 is 36.7. The summed E-state index contributed by atoms with van der Waals surface area (Å²) in [5.74, 6) is -0.338. The summed E-state index contributed by atoms with van der Waals surface area (Å²) >= 11 is 0. The van der Waals surface area contributed by atoms with Gasteiger partial charge in [0.2, 0.25) is 0 Å². The number of rotatable bonds is 5. The van der Waals surface area contributed by atoms with Crippen molar-refractivity contribution < 1.29 is 37.6 Å². The highest BCUT2D eigenvalue weighted by Gasteiger charge is 2.43. The number of ether oxygens (including phenoxy) is 1. The summed E-state index contributed by atoms with van der Waals surface area (Å²) in [4.78, 5) is 17.2. The van der Waals surface area contributed by atoms with Gasteiger partial charge in [-0.3, -0.25) is 4.57 Å². The predicted molar refractivity (Wildman–Crippen MR) is 66.8 cm³/mol. The highest BCUT2D eigenvalue weighted by atomic mass is 31.3. The fourth-order valence-corrected chi connectivity index (χ4v) is 4.27. The van der Waals surface area contributed by atoms with Gasteiger partial charge in [-0.15, -0.1) is 0 Å². The molecule has 0 bridgehead atoms. The summed E-state index contributed by atoms with van der Waals surface area (Å²) in [6, 6.07) is -0.690. The third-order valence-electron chi connectivity index (χ3n) is 2.78. The second-order valence-corrected chi connectivity index (χ2v) is 7.96. The van der Waals surface area contributed by atoms with Crippen LogP contribution in [0.2, 0.25) is 0 Å². The van der Waals surface area contributed by atoms with Crippen molar-refractivity contribution in [2.24, 2.45) is 5.92 Å². The van der Waals surface area contributed by atoms with E-state index in [1.54, 1.807) is 6.92 Å². The van der Waals surface area contributed by atoms with Crippen molar-refractivity contribution in [2.45, 2.75) is 38.2 Å². The number of hydrogen-bond acceptors (Lipinski definition) is 6. The van der Waals surface area contributed by atoms with Gasteiger partial charge in [-0.25, -0.2) is 8.88 Å².